The second-order valence-corrected chi connectivity index (χ2v) is 10.5. The van der Waals surface area contributed by atoms with E-state index in [1.54, 1.807) is 6.92 Å². The van der Waals surface area contributed by atoms with Crippen molar-refractivity contribution >= 4 is 8.32 Å². The molecule has 0 aromatic carbocycles. The average Bonchev–Trinajstić information content (AvgIpc) is 2.43. The normalized spacial score (nSPS) is 19.4. The SMILES string of the molecule is CCC(C)CC[Si](C)(CCCOCC(O)C(C)O)OC. The summed E-state index contributed by atoms with van der Waals surface area (Å²) in [4.78, 5) is 0. The molecular weight excluding hydrogens is 272 g/mol. The highest BCUT2D eigenvalue weighted by Gasteiger charge is 2.27. The molecule has 0 spiro atoms. The van der Waals surface area contributed by atoms with E-state index in [4.69, 9.17) is 14.3 Å². The molecule has 5 heteroatoms. The Bertz CT molecular complexity index is 238. The summed E-state index contributed by atoms with van der Waals surface area (Å²) in [5.41, 5.74) is 0. The molecule has 0 radical (unpaired) electrons. The lowest BCUT2D eigenvalue weighted by molar-refractivity contribution is -0.0302. The molecule has 0 amide bonds. The lowest BCUT2D eigenvalue weighted by Crippen LogP contribution is -2.34. The quantitative estimate of drug-likeness (QED) is 0.430. The van der Waals surface area contributed by atoms with E-state index in [0.29, 0.717) is 6.61 Å². The van der Waals surface area contributed by atoms with Crippen LogP contribution in [0.25, 0.3) is 0 Å². The van der Waals surface area contributed by atoms with Crippen LogP contribution in [0.15, 0.2) is 0 Å². The molecule has 0 aromatic rings. The molecular formula is C15H34O4Si. The van der Waals surface area contributed by atoms with Crippen molar-refractivity contribution < 1.29 is 19.4 Å². The number of rotatable bonds is 12. The summed E-state index contributed by atoms with van der Waals surface area (Å²) in [5, 5.41) is 18.6. The van der Waals surface area contributed by atoms with Gasteiger partial charge >= 0.3 is 0 Å². The van der Waals surface area contributed by atoms with Crippen molar-refractivity contribution in [1.29, 1.82) is 0 Å². The summed E-state index contributed by atoms with van der Waals surface area (Å²) in [7, 11) is 0.241. The summed E-state index contributed by atoms with van der Waals surface area (Å²) in [5.74, 6) is 0.773. The monoisotopic (exact) mass is 306 g/mol. The number of hydrogen-bond donors (Lipinski definition) is 2. The molecule has 0 saturated heterocycles. The lowest BCUT2D eigenvalue weighted by atomic mass is 10.1. The zero-order valence-electron chi connectivity index (χ0n) is 13.9. The molecule has 4 unspecified atom stereocenters. The van der Waals surface area contributed by atoms with Gasteiger partial charge in [0.1, 0.15) is 6.10 Å². The minimum atomic E-state index is -1.59. The third-order valence-electron chi connectivity index (χ3n) is 4.20. The van der Waals surface area contributed by atoms with Crippen LogP contribution >= 0.6 is 0 Å². The predicted octanol–water partition coefficient (Wildman–Crippen LogP) is 2.79. The van der Waals surface area contributed by atoms with Crippen molar-refractivity contribution in [2.24, 2.45) is 5.92 Å². The van der Waals surface area contributed by atoms with Crippen LogP contribution in [0.4, 0.5) is 0 Å². The Balaban J connectivity index is 3.83. The van der Waals surface area contributed by atoms with Crippen LogP contribution in [0.1, 0.15) is 40.0 Å². The molecule has 0 aromatic heterocycles. The summed E-state index contributed by atoms with van der Waals surface area (Å²) in [6.07, 6.45) is 1.92. The van der Waals surface area contributed by atoms with Gasteiger partial charge in [0.25, 0.3) is 0 Å². The van der Waals surface area contributed by atoms with Crippen LogP contribution in [0.2, 0.25) is 18.6 Å². The van der Waals surface area contributed by atoms with Crippen molar-refractivity contribution in [3.8, 4) is 0 Å². The maximum atomic E-state index is 9.41. The minimum Gasteiger partial charge on any atom is -0.420 e. The Labute approximate surface area is 125 Å². The van der Waals surface area contributed by atoms with Gasteiger partial charge < -0.3 is 19.4 Å². The summed E-state index contributed by atoms with van der Waals surface area (Å²) >= 11 is 0. The zero-order valence-corrected chi connectivity index (χ0v) is 14.9. The highest BCUT2D eigenvalue weighted by molar-refractivity contribution is 6.72. The number of aliphatic hydroxyl groups excluding tert-OH is 2. The smallest absolute Gasteiger partial charge is 0.189 e. The highest BCUT2D eigenvalue weighted by atomic mass is 28.4. The van der Waals surface area contributed by atoms with Crippen LogP contribution < -0.4 is 0 Å². The molecule has 0 aliphatic rings. The van der Waals surface area contributed by atoms with Gasteiger partial charge in [-0.1, -0.05) is 26.7 Å². The molecule has 0 fully saturated rings. The van der Waals surface area contributed by atoms with Gasteiger partial charge in [0.2, 0.25) is 0 Å². The van der Waals surface area contributed by atoms with E-state index >= 15 is 0 Å². The van der Waals surface area contributed by atoms with Gasteiger partial charge in [-0.2, -0.15) is 0 Å². The fourth-order valence-electron chi connectivity index (χ4n) is 1.98. The second-order valence-electron chi connectivity index (χ2n) is 6.19. The number of aliphatic hydroxyl groups is 2. The number of ether oxygens (including phenoxy) is 1. The summed E-state index contributed by atoms with van der Waals surface area (Å²) in [6.45, 7) is 9.22. The van der Waals surface area contributed by atoms with Crippen molar-refractivity contribution in [2.45, 2.75) is 70.9 Å². The van der Waals surface area contributed by atoms with Crippen molar-refractivity contribution in [3.05, 3.63) is 0 Å². The van der Waals surface area contributed by atoms with E-state index in [9.17, 15) is 5.11 Å². The van der Waals surface area contributed by atoms with E-state index in [1.165, 1.54) is 18.9 Å². The molecule has 0 aliphatic carbocycles. The fourth-order valence-corrected chi connectivity index (χ4v) is 4.63. The fraction of sp³-hybridized carbons (Fsp3) is 1.00. The van der Waals surface area contributed by atoms with Gasteiger partial charge in [0.05, 0.1) is 12.7 Å². The van der Waals surface area contributed by atoms with E-state index in [0.717, 1.165) is 18.4 Å². The Morgan fingerprint density at radius 2 is 1.80 bits per heavy atom. The Morgan fingerprint density at radius 3 is 2.30 bits per heavy atom. The first kappa shape index (κ1) is 20.1. The van der Waals surface area contributed by atoms with Gasteiger partial charge in [0.15, 0.2) is 8.32 Å². The van der Waals surface area contributed by atoms with Crippen LogP contribution in [0.3, 0.4) is 0 Å². The Hall–Kier alpha value is 0.0569. The van der Waals surface area contributed by atoms with Gasteiger partial charge in [-0.05, 0) is 37.9 Å². The highest BCUT2D eigenvalue weighted by Crippen LogP contribution is 2.24. The maximum Gasteiger partial charge on any atom is 0.189 e. The Morgan fingerprint density at radius 1 is 1.15 bits per heavy atom. The summed E-state index contributed by atoms with van der Waals surface area (Å²) < 4.78 is 11.2. The average molecular weight is 307 g/mol. The topological polar surface area (TPSA) is 58.9 Å². The zero-order chi connectivity index (χ0) is 15.6. The van der Waals surface area contributed by atoms with Crippen LogP contribution in [0.5, 0.6) is 0 Å². The van der Waals surface area contributed by atoms with E-state index < -0.39 is 20.5 Å². The second kappa shape index (κ2) is 10.7. The first-order valence-electron chi connectivity index (χ1n) is 7.83. The minimum absolute atomic E-state index is 0.204. The third kappa shape index (κ3) is 9.08. The van der Waals surface area contributed by atoms with E-state index in [-0.39, 0.29) is 6.61 Å². The molecule has 4 atom stereocenters. The van der Waals surface area contributed by atoms with Crippen molar-refractivity contribution in [2.75, 3.05) is 20.3 Å². The Kier molecular flexibility index (Phi) is 10.8. The van der Waals surface area contributed by atoms with E-state index in [1.807, 2.05) is 7.11 Å². The molecule has 122 valence electrons. The summed E-state index contributed by atoms with van der Waals surface area (Å²) in [6, 6.07) is 2.29. The third-order valence-corrected chi connectivity index (χ3v) is 7.94. The maximum absolute atomic E-state index is 9.41. The molecule has 4 nitrogen and oxygen atoms in total. The molecule has 2 N–H and O–H groups in total. The van der Waals surface area contributed by atoms with Gasteiger partial charge in [0, 0.05) is 13.7 Å². The number of hydrogen-bond acceptors (Lipinski definition) is 4. The molecule has 20 heavy (non-hydrogen) atoms. The molecule has 0 heterocycles. The first-order valence-corrected chi connectivity index (χ1v) is 10.7. The van der Waals surface area contributed by atoms with Crippen LogP contribution in [-0.2, 0) is 9.16 Å². The standard InChI is InChI=1S/C15H34O4Si/c1-6-13(2)8-11-20(5,18-4)10-7-9-19-12-15(17)14(3)16/h13-17H,6-12H2,1-5H3. The molecule has 0 rings (SSSR count). The molecule has 0 saturated carbocycles. The van der Waals surface area contributed by atoms with E-state index in [2.05, 4.69) is 20.4 Å². The van der Waals surface area contributed by atoms with Crippen LogP contribution in [-0.4, -0.2) is 51.1 Å². The van der Waals surface area contributed by atoms with Crippen molar-refractivity contribution in [1.82, 2.24) is 0 Å². The molecule has 0 aliphatic heterocycles. The molecule has 0 bridgehead atoms. The van der Waals surface area contributed by atoms with Crippen LogP contribution in [0, 0.1) is 5.92 Å². The van der Waals surface area contributed by atoms with Gasteiger partial charge in [-0.15, -0.1) is 0 Å². The van der Waals surface area contributed by atoms with Gasteiger partial charge in [-0.25, -0.2) is 0 Å². The predicted molar refractivity (Wildman–Crippen MR) is 85.4 cm³/mol. The lowest BCUT2D eigenvalue weighted by Gasteiger charge is -2.26. The van der Waals surface area contributed by atoms with Gasteiger partial charge in [-0.3, -0.25) is 0 Å². The first-order chi connectivity index (χ1) is 9.34. The van der Waals surface area contributed by atoms with Crippen molar-refractivity contribution in [3.63, 3.8) is 0 Å². The largest absolute Gasteiger partial charge is 0.420 e.